The van der Waals surface area contributed by atoms with Crippen LogP contribution in [-0.2, 0) is 4.79 Å². The highest BCUT2D eigenvalue weighted by Crippen LogP contribution is 2.09. The van der Waals surface area contributed by atoms with Gasteiger partial charge in [0.2, 0.25) is 0 Å². The number of alkyl halides is 1. The van der Waals surface area contributed by atoms with E-state index in [0.717, 1.165) is 6.42 Å². The zero-order valence-electron chi connectivity index (χ0n) is 6.51. The van der Waals surface area contributed by atoms with Gasteiger partial charge in [-0.2, -0.15) is 0 Å². The molecule has 0 saturated carbocycles. The zero-order valence-corrected chi connectivity index (χ0v) is 8.10. The SMILES string of the molecule is CC=CC(Br)CCC(=N)C=O. The number of aldehydes is 1. The highest BCUT2D eigenvalue weighted by Gasteiger charge is 2.00. The van der Waals surface area contributed by atoms with Crippen LogP contribution in [0, 0.1) is 5.41 Å². The molecule has 0 aromatic rings. The summed E-state index contributed by atoms with van der Waals surface area (Å²) < 4.78 is 0. The van der Waals surface area contributed by atoms with Gasteiger partial charge in [-0.15, -0.1) is 0 Å². The van der Waals surface area contributed by atoms with E-state index in [2.05, 4.69) is 15.9 Å². The van der Waals surface area contributed by atoms with Gasteiger partial charge in [-0.1, -0.05) is 28.1 Å². The molecule has 0 aliphatic heterocycles. The van der Waals surface area contributed by atoms with Gasteiger partial charge in [0.15, 0.2) is 6.29 Å². The van der Waals surface area contributed by atoms with Crippen LogP contribution < -0.4 is 0 Å². The van der Waals surface area contributed by atoms with Gasteiger partial charge < -0.3 is 5.41 Å². The number of rotatable bonds is 5. The Morgan fingerprint density at radius 3 is 2.82 bits per heavy atom. The van der Waals surface area contributed by atoms with Crippen LogP contribution in [0.3, 0.4) is 0 Å². The van der Waals surface area contributed by atoms with Gasteiger partial charge in [-0.05, 0) is 19.8 Å². The molecule has 0 saturated heterocycles. The van der Waals surface area contributed by atoms with Crippen molar-refractivity contribution in [1.82, 2.24) is 0 Å². The van der Waals surface area contributed by atoms with Crippen molar-refractivity contribution in [2.75, 3.05) is 0 Å². The molecule has 11 heavy (non-hydrogen) atoms. The minimum atomic E-state index is 0.166. The number of carbonyl (C=O) groups excluding carboxylic acids is 1. The lowest BCUT2D eigenvalue weighted by Gasteiger charge is -2.00. The van der Waals surface area contributed by atoms with Crippen molar-refractivity contribution in [2.45, 2.75) is 24.6 Å². The minimum absolute atomic E-state index is 0.166. The molecule has 1 N–H and O–H groups in total. The molecule has 2 nitrogen and oxygen atoms in total. The Labute approximate surface area is 75.3 Å². The summed E-state index contributed by atoms with van der Waals surface area (Å²) in [5.74, 6) is 0. The quantitative estimate of drug-likeness (QED) is 0.327. The second-order valence-electron chi connectivity index (χ2n) is 2.22. The average molecular weight is 218 g/mol. The first-order valence-electron chi connectivity index (χ1n) is 3.50. The Morgan fingerprint density at radius 1 is 1.73 bits per heavy atom. The summed E-state index contributed by atoms with van der Waals surface area (Å²) in [5, 5.41) is 7.05. The smallest absolute Gasteiger partial charge is 0.163 e. The first-order valence-corrected chi connectivity index (χ1v) is 4.41. The van der Waals surface area contributed by atoms with Crippen molar-refractivity contribution >= 4 is 27.9 Å². The fraction of sp³-hybridized carbons (Fsp3) is 0.500. The summed E-state index contributed by atoms with van der Waals surface area (Å²) in [4.78, 5) is 10.3. The summed E-state index contributed by atoms with van der Waals surface area (Å²) in [6.45, 7) is 1.94. The molecule has 0 fully saturated rings. The number of carbonyl (C=O) groups is 1. The standard InChI is InChI=1S/C8H12BrNO/c1-2-3-7(9)4-5-8(10)6-11/h2-3,6-7,10H,4-5H2,1H3. The van der Waals surface area contributed by atoms with Crippen LogP contribution in [-0.4, -0.2) is 16.8 Å². The van der Waals surface area contributed by atoms with Crippen LogP contribution in [0.2, 0.25) is 0 Å². The molecule has 0 radical (unpaired) electrons. The Hall–Kier alpha value is -0.440. The maximum absolute atomic E-state index is 10.0. The minimum Gasteiger partial charge on any atom is -0.302 e. The Bertz CT molecular complexity index is 165. The van der Waals surface area contributed by atoms with E-state index >= 15 is 0 Å². The molecule has 0 spiro atoms. The first-order chi connectivity index (χ1) is 5.20. The molecule has 0 aromatic heterocycles. The zero-order chi connectivity index (χ0) is 8.69. The lowest BCUT2D eigenvalue weighted by molar-refractivity contribution is -0.102. The summed E-state index contributed by atoms with van der Waals surface area (Å²) in [7, 11) is 0. The van der Waals surface area contributed by atoms with E-state index in [4.69, 9.17) is 5.41 Å². The van der Waals surface area contributed by atoms with Gasteiger partial charge >= 0.3 is 0 Å². The van der Waals surface area contributed by atoms with Crippen molar-refractivity contribution in [1.29, 1.82) is 5.41 Å². The van der Waals surface area contributed by atoms with Crippen molar-refractivity contribution in [2.24, 2.45) is 0 Å². The van der Waals surface area contributed by atoms with Crippen LogP contribution in [0.4, 0.5) is 0 Å². The summed E-state index contributed by atoms with van der Waals surface area (Å²) in [6, 6.07) is 0. The van der Waals surface area contributed by atoms with Crippen molar-refractivity contribution < 1.29 is 4.79 Å². The van der Waals surface area contributed by atoms with Gasteiger partial charge in [0.05, 0.1) is 5.71 Å². The molecule has 0 heterocycles. The van der Waals surface area contributed by atoms with Crippen LogP contribution in [0.15, 0.2) is 12.2 Å². The fourth-order valence-corrected chi connectivity index (χ4v) is 1.19. The van der Waals surface area contributed by atoms with Crippen molar-refractivity contribution in [3.63, 3.8) is 0 Å². The maximum Gasteiger partial charge on any atom is 0.163 e. The second kappa shape index (κ2) is 6.28. The highest BCUT2D eigenvalue weighted by atomic mass is 79.9. The molecular weight excluding hydrogens is 206 g/mol. The number of hydrogen-bond donors (Lipinski definition) is 1. The first kappa shape index (κ1) is 10.6. The average Bonchev–Trinajstić information content (AvgIpc) is 2.01. The third-order valence-corrected chi connectivity index (χ3v) is 2.00. The van der Waals surface area contributed by atoms with Gasteiger partial charge in [-0.25, -0.2) is 0 Å². The van der Waals surface area contributed by atoms with Gasteiger partial charge in [0.1, 0.15) is 0 Å². The summed E-state index contributed by atoms with van der Waals surface area (Å²) >= 11 is 3.40. The monoisotopic (exact) mass is 217 g/mol. The molecule has 1 atom stereocenters. The molecule has 0 aromatic carbocycles. The molecule has 1 unspecified atom stereocenters. The summed E-state index contributed by atoms with van der Waals surface area (Å²) in [6.07, 6.45) is 5.89. The van der Waals surface area contributed by atoms with E-state index in [1.54, 1.807) is 0 Å². The molecule has 0 aliphatic rings. The van der Waals surface area contributed by atoms with Crippen molar-refractivity contribution in [3.8, 4) is 0 Å². The van der Waals surface area contributed by atoms with Gasteiger partial charge in [0.25, 0.3) is 0 Å². The number of hydrogen-bond acceptors (Lipinski definition) is 2. The van der Waals surface area contributed by atoms with Crippen LogP contribution in [0.5, 0.6) is 0 Å². The Morgan fingerprint density at radius 2 is 2.36 bits per heavy atom. The maximum atomic E-state index is 10.0. The largest absolute Gasteiger partial charge is 0.302 e. The Kier molecular flexibility index (Phi) is 6.03. The van der Waals surface area contributed by atoms with E-state index in [1.807, 2.05) is 19.1 Å². The molecule has 0 bridgehead atoms. The third-order valence-electron chi connectivity index (χ3n) is 1.23. The van der Waals surface area contributed by atoms with Crippen LogP contribution >= 0.6 is 15.9 Å². The number of halogens is 1. The normalized spacial score (nSPS) is 13.3. The molecule has 0 aliphatic carbocycles. The summed E-state index contributed by atoms with van der Waals surface area (Å²) in [5.41, 5.74) is 0.166. The molecular formula is C8H12BrNO. The van der Waals surface area contributed by atoms with E-state index in [9.17, 15) is 4.79 Å². The molecule has 3 heteroatoms. The molecule has 62 valence electrons. The Balaban J connectivity index is 3.53. The van der Waals surface area contributed by atoms with E-state index in [0.29, 0.717) is 12.7 Å². The fourth-order valence-electron chi connectivity index (χ4n) is 0.657. The van der Waals surface area contributed by atoms with Gasteiger partial charge in [-0.3, -0.25) is 4.79 Å². The van der Waals surface area contributed by atoms with Crippen LogP contribution in [0.1, 0.15) is 19.8 Å². The predicted octanol–water partition coefficient (Wildman–Crippen LogP) is 2.32. The van der Waals surface area contributed by atoms with E-state index < -0.39 is 0 Å². The number of allylic oxidation sites excluding steroid dienone is 2. The third kappa shape index (κ3) is 5.98. The topological polar surface area (TPSA) is 40.9 Å². The second-order valence-corrected chi connectivity index (χ2v) is 3.40. The highest BCUT2D eigenvalue weighted by molar-refractivity contribution is 9.09. The number of nitrogens with one attached hydrogen (secondary N) is 1. The van der Waals surface area contributed by atoms with Gasteiger partial charge in [0, 0.05) is 4.83 Å². The molecule has 0 rings (SSSR count). The van der Waals surface area contributed by atoms with Crippen LogP contribution in [0.25, 0.3) is 0 Å². The molecule has 0 amide bonds. The lowest BCUT2D eigenvalue weighted by Crippen LogP contribution is -2.01. The van der Waals surface area contributed by atoms with Crippen molar-refractivity contribution in [3.05, 3.63) is 12.2 Å². The van der Waals surface area contributed by atoms with E-state index in [1.165, 1.54) is 0 Å². The lowest BCUT2D eigenvalue weighted by atomic mass is 10.2. The predicted molar refractivity (Wildman–Crippen MR) is 50.6 cm³/mol. The van der Waals surface area contributed by atoms with E-state index in [-0.39, 0.29) is 10.5 Å².